The van der Waals surface area contributed by atoms with Gasteiger partial charge in [0.1, 0.15) is 18.1 Å². The largest absolute Gasteiger partial charge is 0.480 e. The fourth-order valence-corrected chi connectivity index (χ4v) is 4.74. The van der Waals surface area contributed by atoms with E-state index < -0.39 is 47.9 Å². The van der Waals surface area contributed by atoms with Crippen molar-refractivity contribution in [3.05, 3.63) is 36.0 Å². The van der Waals surface area contributed by atoms with Gasteiger partial charge in [-0.2, -0.15) is 0 Å². The second-order valence-electron chi connectivity index (χ2n) is 11.0. The van der Waals surface area contributed by atoms with E-state index in [1.165, 1.54) is 0 Å². The van der Waals surface area contributed by atoms with Gasteiger partial charge in [-0.3, -0.25) is 29.4 Å². The molecule has 0 radical (unpaired) electrons. The van der Waals surface area contributed by atoms with Crippen LogP contribution in [0.1, 0.15) is 44.1 Å². The summed E-state index contributed by atoms with van der Waals surface area (Å²) in [5, 5.41) is 18.4. The first-order valence-electron chi connectivity index (χ1n) is 15.4. The van der Waals surface area contributed by atoms with Gasteiger partial charge >= 0.3 is 5.97 Å². The molecule has 0 saturated carbocycles. The van der Waals surface area contributed by atoms with E-state index in [1.807, 2.05) is 24.3 Å². The number of rotatable bonds is 21. The van der Waals surface area contributed by atoms with Crippen LogP contribution in [0, 0.1) is 0 Å². The molecule has 0 saturated heterocycles. The zero-order chi connectivity index (χ0) is 35.6. The normalized spacial score (nSPS) is 13.3. The molecule has 0 bridgehead atoms. The Kier molecular flexibility index (Phi) is 15.9. The Morgan fingerprint density at radius 1 is 0.688 bits per heavy atom. The summed E-state index contributed by atoms with van der Waals surface area (Å²) in [5.41, 5.74) is 39.8. The van der Waals surface area contributed by atoms with E-state index in [2.05, 4.69) is 35.9 Å². The molecule has 1 heterocycles. The third kappa shape index (κ3) is 13.8. The van der Waals surface area contributed by atoms with Crippen LogP contribution < -0.4 is 56.1 Å². The molecule has 4 atom stereocenters. The molecule has 0 aliphatic rings. The summed E-state index contributed by atoms with van der Waals surface area (Å²) in [6.45, 7) is 0.574. The van der Waals surface area contributed by atoms with Crippen molar-refractivity contribution >= 4 is 52.5 Å². The van der Waals surface area contributed by atoms with Gasteiger partial charge in [-0.1, -0.05) is 18.2 Å². The van der Waals surface area contributed by atoms with Gasteiger partial charge in [0, 0.05) is 43.2 Å². The number of H-pyrrole nitrogens is 1. The lowest BCUT2D eigenvalue weighted by Crippen LogP contribution is -2.57. The van der Waals surface area contributed by atoms with Gasteiger partial charge in [0.05, 0.1) is 6.04 Å². The molecule has 4 unspecified atom stereocenters. The number of hydrogen-bond acceptors (Lipinski definition) is 8. The first-order valence-corrected chi connectivity index (χ1v) is 15.4. The monoisotopic (exact) mass is 672 g/mol. The summed E-state index contributed by atoms with van der Waals surface area (Å²) in [6, 6.07) is 2.79. The molecule has 0 fully saturated rings. The summed E-state index contributed by atoms with van der Waals surface area (Å²) in [7, 11) is 0. The molecule has 0 aliphatic heterocycles. The number of hydrogen-bond donors (Lipinski definition) is 12. The number of benzene rings is 1. The molecule has 3 amide bonds. The number of carbonyl (C=O) groups excluding carboxylic acids is 3. The second-order valence-corrected chi connectivity index (χ2v) is 11.0. The van der Waals surface area contributed by atoms with E-state index in [0.29, 0.717) is 6.42 Å². The van der Waals surface area contributed by atoms with Crippen LogP contribution in [-0.4, -0.2) is 95.5 Å². The molecule has 48 heavy (non-hydrogen) atoms. The molecule has 0 aliphatic carbocycles. The third-order valence-corrected chi connectivity index (χ3v) is 7.17. The first-order chi connectivity index (χ1) is 22.8. The van der Waals surface area contributed by atoms with E-state index in [1.54, 1.807) is 6.20 Å². The molecule has 2 aromatic rings. The van der Waals surface area contributed by atoms with Gasteiger partial charge in [0.15, 0.2) is 17.9 Å². The standard InChI is InChI=1S/C29H48N14O5/c30-18(7-3-11-37-27(31)32)23(44)43-22(14-16-15-40-19-8-2-1-6-17(16)19)25(46)41-20(9-4-12-38-28(33)34)24(45)42-21(26(47)48)10-5-13-39-29(35)36/h1-2,6,8,15,18,20-22,40H,3-5,7,9-14,30H2,(H,41,46)(H,42,45)(H,43,44)(H,47,48)(H4,31,32,37)(H4,33,34,38)(H4,35,36,39). The maximum absolute atomic E-state index is 13.8. The van der Waals surface area contributed by atoms with Crippen molar-refractivity contribution in [2.45, 2.75) is 69.1 Å². The number of fused-ring (bicyclic) bond motifs is 1. The van der Waals surface area contributed by atoms with E-state index >= 15 is 0 Å². The summed E-state index contributed by atoms with van der Waals surface area (Å²) in [6.07, 6.45) is 3.03. The molecular formula is C29H48N14O5. The molecule has 1 aromatic heterocycles. The lowest BCUT2D eigenvalue weighted by atomic mass is 10.0. The minimum absolute atomic E-state index is 0.0207. The summed E-state index contributed by atoms with van der Waals surface area (Å²) in [4.78, 5) is 67.1. The summed E-state index contributed by atoms with van der Waals surface area (Å²) < 4.78 is 0. The molecule has 264 valence electrons. The average Bonchev–Trinajstić information content (AvgIpc) is 3.43. The van der Waals surface area contributed by atoms with Crippen molar-refractivity contribution in [3.8, 4) is 0 Å². The number of amides is 3. The molecular weight excluding hydrogens is 624 g/mol. The fraction of sp³-hybridized carbons (Fsp3) is 0.483. The van der Waals surface area contributed by atoms with Gasteiger partial charge in [0.25, 0.3) is 0 Å². The minimum atomic E-state index is -1.29. The Balaban J connectivity index is 2.29. The first kappa shape index (κ1) is 38.6. The second kappa shape index (κ2) is 19.8. The number of aromatic amines is 1. The van der Waals surface area contributed by atoms with Crippen molar-refractivity contribution in [3.63, 3.8) is 0 Å². The number of nitrogens with zero attached hydrogens (tertiary/aromatic N) is 3. The Hall–Kier alpha value is -5.59. The van der Waals surface area contributed by atoms with Crippen LogP contribution in [0.2, 0.25) is 0 Å². The Labute approximate surface area is 277 Å². The van der Waals surface area contributed by atoms with Crippen LogP contribution in [0.25, 0.3) is 10.9 Å². The maximum atomic E-state index is 13.8. The molecule has 1 aromatic carbocycles. The quantitative estimate of drug-likeness (QED) is 0.0353. The van der Waals surface area contributed by atoms with Gasteiger partial charge in [-0.15, -0.1) is 0 Å². The number of nitrogens with two attached hydrogens (primary N) is 7. The Morgan fingerprint density at radius 2 is 1.17 bits per heavy atom. The smallest absolute Gasteiger partial charge is 0.326 e. The van der Waals surface area contributed by atoms with Crippen molar-refractivity contribution in [1.29, 1.82) is 0 Å². The fourth-order valence-electron chi connectivity index (χ4n) is 4.74. The van der Waals surface area contributed by atoms with Crippen LogP contribution in [0.4, 0.5) is 0 Å². The highest BCUT2D eigenvalue weighted by molar-refractivity contribution is 5.95. The van der Waals surface area contributed by atoms with Crippen molar-refractivity contribution < 1.29 is 24.3 Å². The van der Waals surface area contributed by atoms with Crippen molar-refractivity contribution in [1.82, 2.24) is 20.9 Å². The number of aliphatic imine (C=N–C) groups is 3. The van der Waals surface area contributed by atoms with Crippen LogP contribution in [0.15, 0.2) is 45.4 Å². The zero-order valence-corrected chi connectivity index (χ0v) is 26.7. The predicted molar refractivity (Wildman–Crippen MR) is 183 cm³/mol. The number of carboxylic acids is 1. The highest BCUT2D eigenvalue weighted by atomic mass is 16.4. The van der Waals surface area contributed by atoms with Crippen LogP contribution >= 0.6 is 0 Å². The maximum Gasteiger partial charge on any atom is 0.326 e. The Bertz CT molecular complexity index is 1460. The lowest BCUT2D eigenvalue weighted by molar-refractivity contribution is -0.142. The number of carboxylic acid groups (broad SMARTS) is 1. The van der Waals surface area contributed by atoms with E-state index in [0.717, 1.165) is 16.5 Å². The number of nitrogens with one attached hydrogen (secondary N) is 4. The predicted octanol–water partition coefficient (Wildman–Crippen LogP) is -3.26. The van der Waals surface area contributed by atoms with E-state index in [4.69, 9.17) is 40.1 Å². The van der Waals surface area contributed by atoms with Gasteiger partial charge < -0.3 is 66.2 Å². The average molecular weight is 673 g/mol. The highest BCUT2D eigenvalue weighted by Crippen LogP contribution is 2.19. The number of carbonyl (C=O) groups is 4. The Morgan fingerprint density at radius 3 is 1.73 bits per heavy atom. The van der Waals surface area contributed by atoms with Crippen molar-refractivity contribution in [2.24, 2.45) is 55.1 Å². The van der Waals surface area contributed by atoms with Gasteiger partial charge in [0.2, 0.25) is 17.7 Å². The van der Waals surface area contributed by atoms with Crippen LogP contribution in [0.5, 0.6) is 0 Å². The van der Waals surface area contributed by atoms with Crippen LogP contribution in [-0.2, 0) is 25.6 Å². The summed E-state index contributed by atoms with van der Waals surface area (Å²) in [5.74, 6) is -3.70. The van der Waals surface area contributed by atoms with E-state index in [9.17, 15) is 24.3 Å². The van der Waals surface area contributed by atoms with Gasteiger partial charge in [-0.05, 0) is 50.2 Å². The third-order valence-electron chi connectivity index (χ3n) is 7.17. The number of guanidine groups is 3. The zero-order valence-electron chi connectivity index (χ0n) is 26.7. The highest BCUT2D eigenvalue weighted by Gasteiger charge is 2.30. The molecule has 19 N–H and O–H groups in total. The number of aliphatic carboxylic acids is 1. The van der Waals surface area contributed by atoms with Crippen LogP contribution in [0.3, 0.4) is 0 Å². The van der Waals surface area contributed by atoms with Crippen molar-refractivity contribution in [2.75, 3.05) is 19.6 Å². The molecule has 19 nitrogen and oxygen atoms in total. The molecule has 0 spiro atoms. The van der Waals surface area contributed by atoms with Gasteiger partial charge in [-0.25, -0.2) is 4.79 Å². The SMILES string of the molecule is NC(N)=NCCCC(N)C(=O)NC(Cc1c[nH]c2ccccc12)C(=O)NC(CCCN=C(N)N)C(=O)NC(CCCN=C(N)N)C(=O)O. The van der Waals surface area contributed by atoms with E-state index in [-0.39, 0.29) is 76.0 Å². The molecule has 2 rings (SSSR count). The minimum Gasteiger partial charge on any atom is -0.480 e. The number of para-hydroxylation sites is 1. The topological polar surface area (TPSA) is 360 Å². The molecule has 19 heteroatoms. The lowest BCUT2D eigenvalue weighted by Gasteiger charge is -2.25. The number of aromatic nitrogens is 1. The summed E-state index contributed by atoms with van der Waals surface area (Å²) >= 11 is 0.